The summed E-state index contributed by atoms with van der Waals surface area (Å²) in [6, 6.07) is 17.7. The van der Waals surface area contributed by atoms with Crippen LogP contribution in [-0.4, -0.2) is 44.1 Å². The fraction of sp³-hybridized carbons (Fsp3) is 0.300. The zero-order valence-corrected chi connectivity index (χ0v) is 16.6. The van der Waals surface area contributed by atoms with Crippen LogP contribution < -0.4 is 0 Å². The zero-order chi connectivity index (χ0) is 19.2. The van der Waals surface area contributed by atoms with E-state index in [2.05, 4.69) is 15.5 Å². The summed E-state index contributed by atoms with van der Waals surface area (Å²) in [5, 5.41) is 12.4. The van der Waals surface area contributed by atoms with E-state index in [4.69, 9.17) is 0 Å². The van der Waals surface area contributed by atoms with Crippen LogP contribution in [0, 0.1) is 6.92 Å². The first-order chi connectivity index (χ1) is 13.2. The molecule has 0 saturated heterocycles. The number of aromatic nitrogens is 4. The molecule has 0 bridgehead atoms. The molecule has 3 aromatic rings. The van der Waals surface area contributed by atoms with Crippen LogP contribution in [0.1, 0.15) is 30.2 Å². The molecule has 0 aliphatic heterocycles. The molecular formula is C20H23N5OS. The standard InChI is InChI=1S/C20H23N5OS/c1-4-24(5-2)19(26)18(16-12-7-6-8-13-16)27-20-21-22-23-25(20)17-14-10-9-11-15(17)3/h6-14,18H,4-5H2,1-3H3/t18-/m1/s1. The van der Waals surface area contributed by atoms with Crippen LogP contribution in [0.15, 0.2) is 59.8 Å². The summed E-state index contributed by atoms with van der Waals surface area (Å²) in [6.45, 7) is 7.34. The highest BCUT2D eigenvalue weighted by atomic mass is 32.2. The molecule has 1 heterocycles. The summed E-state index contributed by atoms with van der Waals surface area (Å²) < 4.78 is 1.70. The van der Waals surface area contributed by atoms with Gasteiger partial charge in [0.05, 0.1) is 5.69 Å². The summed E-state index contributed by atoms with van der Waals surface area (Å²) in [5.74, 6) is 0.0653. The van der Waals surface area contributed by atoms with Gasteiger partial charge in [-0.25, -0.2) is 0 Å². The topological polar surface area (TPSA) is 63.9 Å². The molecule has 27 heavy (non-hydrogen) atoms. The maximum absolute atomic E-state index is 13.2. The van der Waals surface area contributed by atoms with Crippen LogP contribution in [-0.2, 0) is 4.79 Å². The lowest BCUT2D eigenvalue weighted by atomic mass is 10.1. The molecule has 0 unspecified atom stereocenters. The van der Waals surface area contributed by atoms with Gasteiger partial charge in [-0.2, -0.15) is 4.68 Å². The van der Waals surface area contributed by atoms with Gasteiger partial charge in [-0.1, -0.05) is 60.3 Å². The normalized spacial score (nSPS) is 12.0. The summed E-state index contributed by atoms with van der Waals surface area (Å²) in [6.07, 6.45) is 0. The van der Waals surface area contributed by atoms with Crippen LogP contribution in [0.3, 0.4) is 0 Å². The number of hydrogen-bond donors (Lipinski definition) is 0. The lowest BCUT2D eigenvalue weighted by Gasteiger charge is -2.24. The summed E-state index contributed by atoms with van der Waals surface area (Å²) >= 11 is 1.38. The molecule has 0 saturated carbocycles. The number of thioether (sulfide) groups is 1. The van der Waals surface area contributed by atoms with Crippen LogP contribution in [0.25, 0.3) is 5.69 Å². The Morgan fingerprint density at radius 1 is 1.07 bits per heavy atom. The first-order valence-electron chi connectivity index (χ1n) is 9.00. The Kier molecular flexibility index (Phi) is 6.24. The number of aryl methyl sites for hydroxylation is 1. The van der Waals surface area contributed by atoms with Crippen molar-refractivity contribution in [3.8, 4) is 5.69 Å². The molecule has 0 spiro atoms. The van der Waals surface area contributed by atoms with Gasteiger partial charge in [0, 0.05) is 13.1 Å². The van der Waals surface area contributed by atoms with Crippen molar-refractivity contribution in [3.63, 3.8) is 0 Å². The van der Waals surface area contributed by atoms with Crippen molar-refractivity contribution >= 4 is 17.7 Å². The third-order valence-electron chi connectivity index (χ3n) is 4.41. The first-order valence-corrected chi connectivity index (χ1v) is 9.88. The van der Waals surface area contributed by atoms with E-state index in [-0.39, 0.29) is 5.91 Å². The molecule has 3 rings (SSSR count). The number of nitrogens with zero attached hydrogens (tertiary/aromatic N) is 5. The third-order valence-corrected chi connectivity index (χ3v) is 5.58. The van der Waals surface area contributed by atoms with Gasteiger partial charge in [-0.05, 0) is 48.4 Å². The van der Waals surface area contributed by atoms with Gasteiger partial charge in [0.15, 0.2) is 0 Å². The fourth-order valence-corrected chi connectivity index (χ4v) is 3.97. The van der Waals surface area contributed by atoms with Crippen LogP contribution >= 0.6 is 11.8 Å². The highest BCUT2D eigenvalue weighted by molar-refractivity contribution is 8.00. The van der Waals surface area contributed by atoms with Crippen molar-refractivity contribution in [1.29, 1.82) is 0 Å². The number of rotatable bonds is 7. The van der Waals surface area contributed by atoms with Crippen molar-refractivity contribution in [2.24, 2.45) is 0 Å². The Bertz CT molecular complexity index is 892. The predicted molar refractivity (Wildman–Crippen MR) is 107 cm³/mol. The van der Waals surface area contributed by atoms with Gasteiger partial charge in [0.1, 0.15) is 5.25 Å². The van der Waals surface area contributed by atoms with Crippen LogP contribution in [0.4, 0.5) is 0 Å². The second kappa shape index (κ2) is 8.81. The summed E-state index contributed by atoms with van der Waals surface area (Å²) in [4.78, 5) is 15.0. The number of likely N-dealkylation sites (N-methyl/N-ethyl adjacent to an activating group) is 1. The minimum atomic E-state index is -0.403. The van der Waals surface area contributed by atoms with Crippen molar-refractivity contribution in [2.75, 3.05) is 13.1 Å². The molecule has 0 aliphatic carbocycles. The smallest absolute Gasteiger partial charge is 0.240 e. The molecule has 0 N–H and O–H groups in total. The average molecular weight is 382 g/mol. The number of tetrazole rings is 1. The predicted octanol–water partition coefficient (Wildman–Crippen LogP) is 3.67. The number of amides is 1. The van der Waals surface area contributed by atoms with Gasteiger partial charge < -0.3 is 4.90 Å². The van der Waals surface area contributed by atoms with E-state index in [0.29, 0.717) is 18.2 Å². The molecule has 1 atom stereocenters. The monoisotopic (exact) mass is 381 g/mol. The summed E-state index contributed by atoms with van der Waals surface area (Å²) in [7, 11) is 0. The van der Waals surface area contributed by atoms with Gasteiger partial charge in [-0.15, -0.1) is 5.10 Å². The lowest BCUT2D eigenvalue weighted by Crippen LogP contribution is -2.34. The van der Waals surface area contributed by atoms with Crippen molar-refractivity contribution in [3.05, 3.63) is 65.7 Å². The van der Waals surface area contributed by atoms with Crippen molar-refractivity contribution in [2.45, 2.75) is 31.2 Å². The quantitative estimate of drug-likeness (QED) is 0.584. The van der Waals surface area contributed by atoms with Crippen molar-refractivity contribution in [1.82, 2.24) is 25.1 Å². The van der Waals surface area contributed by atoms with Crippen LogP contribution in [0.2, 0.25) is 0 Å². The molecule has 0 fully saturated rings. The Balaban J connectivity index is 1.98. The van der Waals surface area contributed by atoms with E-state index < -0.39 is 5.25 Å². The highest BCUT2D eigenvalue weighted by Crippen LogP contribution is 2.36. The van der Waals surface area contributed by atoms with E-state index in [0.717, 1.165) is 16.8 Å². The average Bonchev–Trinajstić information content (AvgIpc) is 3.16. The number of carbonyl (C=O) groups excluding carboxylic acids is 1. The second-order valence-electron chi connectivity index (χ2n) is 6.08. The van der Waals surface area contributed by atoms with E-state index in [1.165, 1.54) is 11.8 Å². The SMILES string of the molecule is CCN(CC)C(=O)[C@H](Sc1nnnn1-c1ccccc1C)c1ccccc1. The van der Waals surface area contributed by atoms with Gasteiger partial charge >= 0.3 is 0 Å². The molecular weight excluding hydrogens is 358 g/mol. The Hall–Kier alpha value is -2.67. The van der Waals surface area contributed by atoms with Crippen LogP contribution in [0.5, 0.6) is 0 Å². The number of benzene rings is 2. The molecule has 6 nitrogen and oxygen atoms in total. The molecule has 7 heteroatoms. The third kappa shape index (κ3) is 4.19. The minimum absolute atomic E-state index is 0.0653. The summed E-state index contributed by atoms with van der Waals surface area (Å²) in [5.41, 5.74) is 2.92. The molecule has 1 amide bonds. The molecule has 0 aliphatic rings. The van der Waals surface area contributed by atoms with Gasteiger partial charge in [0.25, 0.3) is 0 Å². The highest BCUT2D eigenvalue weighted by Gasteiger charge is 2.28. The fourth-order valence-electron chi connectivity index (χ4n) is 2.90. The largest absolute Gasteiger partial charge is 0.342 e. The molecule has 2 aromatic carbocycles. The van der Waals surface area contributed by atoms with Crippen molar-refractivity contribution < 1.29 is 4.79 Å². The Morgan fingerprint density at radius 2 is 1.74 bits per heavy atom. The van der Waals surface area contributed by atoms with Gasteiger partial charge in [0.2, 0.25) is 11.1 Å². The second-order valence-corrected chi connectivity index (χ2v) is 7.15. The first kappa shape index (κ1) is 19.1. The number of para-hydroxylation sites is 1. The van der Waals surface area contributed by atoms with E-state index in [1.54, 1.807) is 4.68 Å². The maximum Gasteiger partial charge on any atom is 0.240 e. The lowest BCUT2D eigenvalue weighted by molar-refractivity contribution is -0.130. The van der Waals surface area contributed by atoms with Gasteiger partial charge in [-0.3, -0.25) is 4.79 Å². The van der Waals surface area contributed by atoms with E-state index in [9.17, 15) is 4.79 Å². The Morgan fingerprint density at radius 3 is 2.41 bits per heavy atom. The Labute approximate surface area is 163 Å². The molecule has 1 aromatic heterocycles. The number of carbonyl (C=O) groups is 1. The van der Waals surface area contributed by atoms with E-state index >= 15 is 0 Å². The number of hydrogen-bond acceptors (Lipinski definition) is 5. The maximum atomic E-state index is 13.2. The van der Waals surface area contributed by atoms with E-state index in [1.807, 2.05) is 80.3 Å². The molecule has 0 radical (unpaired) electrons. The zero-order valence-electron chi connectivity index (χ0n) is 15.7. The molecule has 140 valence electrons. The minimum Gasteiger partial charge on any atom is -0.342 e.